The zero-order chi connectivity index (χ0) is 21.5. The molecule has 0 bridgehead atoms. The van der Waals surface area contributed by atoms with Crippen molar-refractivity contribution in [3.63, 3.8) is 0 Å². The van der Waals surface area contributed by atoms with Crippen molar-refractivity contribution in [1.82, 2.24) is 19.2 Å². The number of nitrogens with zero attached hydrogens (tertiary/aromatic N) is 4. The molecule has 0 aliphatic carbocycles. The molecule has 1 aliphatic heterocycles. The van der Waals surface area contributed by atoms with E-state index in [1.165, 1.54) is 0 Å². The minimum absolute atomic E-state index is 0.0498. The Balaban J connectivity index is 0.000000377. The van der Waals surface area contributed by atoms with Crippen molar-refractivity contribution in [1.29, 1.82) is 0 Å². The first-order valence-corrected chi connectivity index (χ1v) is 9.32. The lowest BCUT2D eigenvalue weighted by atomic mass is 10.2. The van der Waals surface area contributed by atoms with Crippen LogP contribution in [0.1, 0.15) is 16.2 Å². The monoisotopic (exact) mass is 414 g/mol. The van der Waals surface area contributed by atoms with Crippen LogP contribution in [0.4, 0.5) is 0 Å². The average Bonchev–Trinajstić information content (AvgIpc) is 3.39. The maximum absolute atomic E-state index is 12.1. The van der Waals surface area contributed by atoms with Gasteiger partial charge in [0.2, 0.25) is 5.78 Å². The van der Waals surface area contributed by atoms with Gasteiger partial charge in [-0.1, -0.05) is 6.07 Å². The molecule has 30 heavy (non-hydrogen) atoms. The molecule has 0 aromatic carbocycles. The molecule has 1 fully saturated rings. The highest BCUT2D eigenvalue weighted by Gasteiger charge is 2.21. The van der Waals surface area contributed by atoms with Crippen molar-refractivity contribution < 1.29 is 29.0 Å². The highest BCUT2D eigenvalue weighted by molar-refractivity contribution is 6.27. The van der Waals surface area contributed by atoms with Gasteiger partial charge in [-0.2, -0.15) is 0 Å². The number of carboxylic acid groups (broad SMARTS) is 2. The van der Waals surface area contributed by atoms with E-state index in [2.05, 4.69) is 21.0 Å². The third kappa shape index (κ3) is 5.75. The van der Waals surface area contributed by atoms with E-state index in [0.29, 0.717) is 12.3 Å². The van der Waals surface area contributed by atoms with Crippen molar-refractivity contribution in [2.45, 2.75) is 6.54 Å². The van der Waals surface area contributed by atoms with Gasteiger partial charge in [0.05, 0.1) is 18.5 Å². The van der Waals surface area contributed by atoms with Gasteiger partial charge in [-0.15, -0.1) is 0 Å². The summed E-state index contributed by atoms with van der Waals surface area (Å²) in [6, 6.07) is 9.50. The second-order valence-electron chi connectivity index (χ2n) is 6.76. The first-order valence-electron chi connectivity index (χ1n) is 9.32. The molecule has 0 atom stereocenters. The fourth-order valence-electron chi connectivity index (χ4n) is 3.12. The normalized spacial score (nSPS) is 14.8. The molecule has 1 saturated heterocycles. The third-order valence-electron chi connectivity index (χ3n) is 4.61. The van der Waals surface area contributed by atoms with E-state index in [-0.39, 0.29) is 5.78 Å². The predicted molar refractivity (Wildman–Crippen MR) is 105 cm³/mol. The topological polar surface area (TPSA) is 129 Å². The highest BCUT2D eigenvalue weighted by Crippen LogP contribution is 2.11. The average molecular weight is 414 g/mol. The van der Waals surface area contributed by atoms with Crippen molar-refractivity contribution in [3.05, 3.63) is 60.4 Å². The van der Waals surface area contributed by atoms with E-state index in [1.807, 2.05) is 28.8 Å². The molecule has 3 aromatic rings. The molecular formula is C20H22N4O6. The number of furan rings is 1. The molecule has 4 heterocycles. The Morgan fingerprint density at radius 2 is 1.67 bits per heavy atom. The summed E-state index contributed by atoms with van der Waals surface area (Å²) in [4.78, 5) is 39.5. The highest BCUT2D eigenvalue weighted by atomic mass is 16.4. The number of fused-ring (bicyclic) bond motifs is 1. The number of carbonyl (C=O) groups excluding carboxylic acids is 1. The summed E-state index contributed by atoms with van der Waals surface area (Å²) in [5.74, 6) is -3.15. The predicted octanol–water partition coefficient (Wildman–Crippen LogP) is 1.08. The lowest BCUT2D eigenvalue weighted by Crippen LogP contribution is -2.47. The maximum atomic E-state index is 12.1. The molecule has 4 rings (SSSR count). The molecule has 0 amide bonds. The lowest BCUT2D eigenvalue weighted by Gasteiger charge is -2.33. The van der Waals surface area contributed by atoms with E-state index in [9.17, 15) is 4.79 Å². The second-order valence-corrected chi connectivity index (χ2v) is 6.76. The number of pyridine rings is 1. The number of piperazine rings is 1. The number of rotatable bonds is 5. The van der Waals surface area contributed by atoms with Gasteiger partial charge in [-0.3, -0.25) is 14.6 Å². The maximum Gasteiger partial charge on any atom is 0.414 e. The number of aromatic nitrogens is 2. The molecule has 3 aromatic heterocycles. The van der Waals surface area contributed by atoms with Crippen molar-refractivity contribution in [3.8, 4) is 0 Å². The summed E-state index contributed by atoms with van der Waals surface area (Å²) >= 11 is 0. The molecule has 10 nitrogen and oxygen atoms in total. The van der Waals surface area contributed by atoms with Crippen molar-refractivity contribution >= 4 is 23.4 Å². The number of aliphatic carboxylic acids is 2. The zero-order valence-corrected chi connectivity index (χ0v) is 16.2. The van der Waals surface area contributed by atoms with E-state index >= 15 is 0 Å². The van der Waals surface area contributed by atoms with Gasteiger partial charge in [0.25, 0.3) is 0 Å². The van der Waals surface area contributed by atoms with Crippen LogP contribution in [0.15, 0.2) is 53.4 Å². The van der Waals surface area contributed by atoms with Crippen LogP contribution in [0.3, 0.4) is 0 Å². The molecule has 2 N–H and O–H groups in total. The Hall–Kier alpha value is -3.50. The summed E-state index contributed by atoms with van der Waals surface area (Å²) in [6.07, 6.45) is 5.65. The molecule has 10 heteroatoms. The summed E-state index contributed by atoms with van der Waals surface area (Å²) in [6.45, 7) is 4.94. The number of imidazole rings is 1. The van der Waals surface area contributed by atoms with E-state index < -0.39 is 11.9 Å². The van der Waals surface area contributed by atoms with Crippen LogP contribution >= 0.6 is 0 Å². The summed E-state index contributed by atoms with van der Waals surface area (Å²) in [5, 5.41) is 14.8. The van der Waals surface area contributed by atoms with E-state index in [0.717, 1.165) is 44.1 Å². The molecule has 158 valence electrons. The summed E-state index contributed by atoms with van der Waals surface area (Å²) in [7, 11) is 0. The van der Waals surface area contributed by atoms with Crippen molar-refractivity contribution in [2.75, 3.05) is 32.7 Å². The van der Waals surface area contributed by atoms with Gasteiger partial charge < -0.3 is 19.0 Å². The number of hydrogen-bond acceptors (Lipinski definition) is 7. The van der Waals surface area contributed by atoms with Crippen LogP contribution in [0.25, 0.3) is 5.65 Å². The quantitative estimate of drug-likeness (QED) is 0.465. The largest absolute Gasteiger partial charge is 0.473 e. The molecule has 0 radical (unpaired) electrons. The van der Waals surface area contributed by atoms with Crippen LogP contribution in [0, 0.1) is 0 Å². The molecule has 0 unspecified atom stereocenters. The molecule has 0 spiro atoms. The number of ketones is 1. The van der Waals surface area contributed by atoms with E-state index in [4.69, 9.17) is 24.2 Å². The summed E-state index contributed by atoms with van der Waals surface area (Å²) < 4.78 is 7.22. The minimum atomic E-state index is -1.82. The van der Waals surface area contributed by atoms with Gasteiger partial charge >= 0.3 is 11.9 Å². The van der Waals surface area contributed by atoms with Gasteiger partial charge in [-0.25, -0.2) is 14.6 Å². The van der Waals surface area contributed by atoms with Gasteiger partial charge in [0.15, 0.2) is 5.76 Å². The Morgan fingerprint density at radius 1 is 0.967 bits per heavy atom. The van der Waals surface area contributed by atoms with E-state index in [1.54, 1.807) is 18.4 Å². The number of carboxylic acids is 2. The molecular weight excluding hydrogens is 392 g/mol. The van der Waals surface area contributed by atoms with Crippen LogP contribution in [-0.2, 0) is 16.1 Å². The van der Waals surface area contributed by atoms with Gasteiger partial charge in [0.1, 0.15) is 5.65 Å². The minimum Gasteiger partial charge on any atom is -0.473 e. The van der Waals surface area contributed by atoms with Gasteiger partial charge in [0, 0.05) is 45.1 Å². The second kappa shape index (κ2) is 9.81. The van der Waals surface area contributed by atoms with Crippen LogP contribution in [0.2, 0.25) is 0 Å². The van der Waals surface area contributed by atoms with Crippen molar-refractivity contribution in [2.24, 2.45) is 0 Å². The molecule has 1 aliphatic rings. The Kier molecular flexibility index (Phi) is 6.94. The zero-order valence-electron chi connectivity index (χ0n) is 16.2. The first kappa shape index (κ1) is 21.2. The third-order valence-corrected chi connectivity index (χ3v) is 4.61. The number of Topliss-reactive ketones (excluding diaryl/α,β-unsaturated/α-hetero) is 1. The van der Waals surface area contributed by atoms with Gasteiger partial charge in [-0.05, 0) is 24.3 Å². The Labute approximate surface area is 171 Å². The van der Waals surface area contributed by atoms with Crippen LogP contribution < -0.4 is 0 Å². The lowest BCUT2D eigenvalue weighted by molar-refractivity contribution is -0.159. The fraction of sp³-hybridized carbons (Fsp3) is 0.300. The molecule has 0 saturated carbocycles. The summed E-state index contributed by atoms with van der Waals surface area (Å²) in [5.41, 5.74) is 2.07. The first-order chi connectivity index (χ1) is 14.4. The smallest absolute Gasteiger partial charge is 0.414 e. The fourth-order valence-corrected chi connectivity index (χ4v) is 3.12. The Morgan fingerprint density at radius 3 is 2.27 bits per heavy atom. The Bertz CT molecular complexity index is 960. The SMILES string of the molecule is O=C(CN1CCN(Cc2cn3ccccc3n2)CC1)c1ccco1.O=C(O)C(=O)O. The van der Waals surface area contributed by atoms with Crippen LogP contribution in [0.5, 0.6) is 0 Å². The number of carbonyl (C=O) groups is 3. The van der Waals surface area contributed by atoms with Crippen LogP contribution in [-0.4, -0.2) is 79.8 Å². The number of hydrogen-bond donors (Lipinski definition) is 2. The standard InChI is InChI=1S/C18H20N4O2.C2H2O4/c23-16(17-4-3-11-24-17)14-21-9-7-20(8-10-21)12-15-13-22-6-2-1-5-18(22)19-15;3-1(4)2(5)6/h1-6,11,13H,7-10,12,14H2;(H,3,4)(H,5,6).